The molecule has 1 aliphatic rings. The number of ether oxygens (including phenoxy) is 1. The normalized spacial score (nSPS) is 19.5. The fourth-order valence-corrected chi connectivity index (χ4v) is 4.15. The molecule has 1 saturated carbocycles. The Kier molecular flexibility index (Phi) is 4.92. The summed E-state index contributed by atoms with van der Waals surface area (Å²) < 4.78 is 6.35. The van der Waals surface area contributed by atoms with Gasteiger partial charge in [-0.1, -0.05) is 47.5 Å². The molecule has 0 saturated heterocycles. The molecular formula is C17H34O. The summed E-state index contributed by atoms with van der Waals surface area (Å²) in [6.45, 7) is 16.3. The van der Waals surface area contributed by atoms with E-state index in [4.69, 9.17) is 4.74 Å². The lowest BCUT2D eigenvalue weighted by Crippen LogP contribution is -2.36. The van der Waals surface area contributed by atoms with Crippen molar-refractivity contribution in [2.45, 2.75) is 98.7 Å². The van der Waals surface area contributed by atoms with E-state index in [1.54, 1.807) is 0 Å². The summed E-state index contributed by atoms with van der Waals surface area (Å²) >= 11 is 0. The second kappa shape index (κ2) is 5.53. The van der Waals surface area contributed by atoms with Crippen LogP contribution in [0.3, 0.4) is 0 Å². The highest BCUT2D eigenvalue weighted by atomic mass is 16.5. The van der Waals surface area contributed by atoms with Gasteiger partial charge >= 0.3 is 0 Å². The first-order valence-corrected chi connectivity index (χ1v) is 7.67. The summed E-state index contributed by atoms with van der Waals surface area (Å²) in [4.78, 5) is 0. The Morgan fingerprint density at radius 1 is 0.833 bits per heavy atom. The van der Waals surface area contributed by atoms with Crippen molar-refractivity contribution < 1.29 is 4.74 Å². The Balaban J connectivity index is 2.51. The topological polar surface area (TPSA) is 9.23 Å². The maximum absolute atomic E-state index is 6.35. The van der Waals surface area contributed by atoms with Gasteiger partial charge in [-0.3, -0.25) is 0 Å². The minimum Gasteiger partial charge on any atom is -0.372 e. The Labute approximate surface area is 115 Å². The Morgan fingerprint density at radius 2 is 1.33 bits per heavy atom. The maximum Gasteiger partial charge on any atom is 0.0635 e. The fraction of sp³-hybridized carbons (Fsp3) is 1.00. The number of rotatable bonds is 5. The van der Waals surface area contributed by atoms with Crippen LogP contribution in [0.25, 0.3) is 0 Å². The lowest BCUT2D eigenvalue weighted by Gasteiger charge is -2.40. The zero-order valence-corrected chi connectivity index (χ0v) is 13.7. The average Bonchev–Trinajstić information content (AvgIpc) is 2.46. The zero-order chi connectivity index (χ0) is 14.0. The van der Waals surface area contributed by atoms with Crippen molar-refractivity contribution >= 4 is 0 Å². The molecule has 0 aromatic heterocycles. The van der Waals surface area contributed by atoms with E-state index in [0.29, 0.717) is 16.9 Å². The number of hydrogen-bond donors (Lipinski definition) is 0. The highest BCUT2D eigenvalue weighted by Crippen LogP contribution is 2.41. The standard InChI is InChI=1S/C17H34O/c1-15(2,3)12-16(4,5)13-17(6,7)18-14-10-8-9-11-14/h14H,8-13H2,1-7H3. The van der Waals surface area contributed by atoms with Crippen LogP contribution in [0.4, 0.5) is 0 Å². The van der Waals surface area contributed by atoms with Gasteiger partial charge in [-0.25, -0.2) is 0 Å². The molecule has 0 aromatic rings. The molecule has 0 atom stereocenters. The molecule has 0 radical (unpaired) electrons. The smallest absolute Gasteiger partial charge is 0.0635 e. The Hall–Kier alpha value is -0.0400. The molecule has 1 aliphatic carbocycles. The third-order valence-electron chi connectivity index (χ3n) is 3.70. The van der Waals surface area contributed by atoms with Crippen molar-refractivity contribution in [1.82, 2.24) is 0 Å². The van der Waals surface area contributed by atoms with Crippen molar-refractivity contribution in [1.29, 1.82) is 0 Å². The van der Waals surface area contributed by atoms with E-state index in [0.717, 1.165) is 6.42 Å². The molecule has 0 N–H and O–H groups in total. The molecule has 1 nitrogen and oxygen atoms in total. The van der Waals surface area contributed by atoms with Crippen LogP contribution in [0.5, 0.6) is 0 Å². The average molecular weight is 254 g/mol. The van der Waals surface area contributed by atoms with Gasteiger partial charge in [0.2, 0.25) is 0 Å². The van der Waals surface area contributed by atoms with Gasteiger partial charge in [0.25, 0.3) is 0 Å². The van der Waals surface area contributed by atoms with Crippen molar-refractivity contribution in [2.24, 2.45) is 10.8 Å². The quantitative estimate of drug-likeness (QED) is 0.622. The third kappa shape index (κ3) is 6.22. The van der Waals surface area contributed by atoms with Gasteiger partial charge in [-0.15, -0.1) is 0 Å². The highest BCUT2D eigenvalue weighted by Gasteiger charge is 2.34. The highest BCUT2D eigenvalue weighted by molar-refractivity contribution is 4.85. The second-order valence-electron chi connectivity index (χ2n) is 8.86. The third-order valence-corrected chi connectivity index (χ3v) is 3.70. The van der Waals surface area contributed by atoms with E-state index in [2.05, 4.69) is 48.5 Å². The lowest BCUT2D eigenvalue weighted by molar-refractivity contribution is -0.0926. The largest absolute Gasteiger partial charge is 0.372 e. The summed E-state index contributed by atoms with van der Waals surface area (Å²) in [7, 11) is 0. The monoisotopic (exact) mass is 254 g/mol. The first kappa shape index (κ1) is 16.0. The van der Waals surface area contributed by atoms with Crippen LogP contribution in [0.1, 0.15) is 87.0 Å². The van der Waals surface area contributed by atoms with E-state index in [9.17, 15) is 0 Å². The summed E-state index contributed by atoms with van der Waals surface area (Å²) in [6, 6.07) is 0. The Bertz CT molecular complexity index is 251. The van der Waals surface area contributed by atoms with Crippen LogP contribution in [0.15, 0.2) is 0 Å². The summed E-state index contributed by atoms with van der Waals surface area (Å²) in [5.41, 5.74) is 0.761. The Morgan fingerprint density at radius 3 is 1.78 bits per heavy atom. The molecule has 0 amide bonds. The number of hydrogen-bond acceptors (Lipinski definition) is 1. The van der Waals surface area contributed by atoms with Crippen LogP contribution in [-0.4, -0.2) is 11.7 Å². The molecule has 0 aliphatic heterocycles. The van der Waals surface area contributed by atoms with Gasteiger partial charge < -0.3 is 4.74 Å². The van der Waals surface area contributed by atoms with Gasteiger partial charge in [-0.05, 0) is 50.4 Å². The molecule has 108 valence electrons. The van der Waals surface area contributed by atoms with E-state index in [1.165, 1.54) is 32.1 Å². The lowest BCUT2D eigenvalue weighted by atomic mass is 9.71. The zero-order valence-electron chi connectivity index (χ0n) is 13.7. The van der Waals surface area contributed by atoms with E-state index >= 15 is 0 Å². The fourth-order valence-electron chi connectivity index (χ4n) is 4.15. The molecule has 0 spiro atoms. The van der Waals surface area contributed by atoms with E-state index in [1.807, 2.05) is 0 Å². The maximum atomic E-state index is 6.35. The minimum atomic E-state index is 0.0176. The molecule has 0 unspecified atom stereocenters. The van der Waals surface area contributed by atoms with Crippen LogP contribution in [-0.2, 0) is 4.74 Å². The second-order valence-corrected chi connectivity index (χ2v) is 8.86. The summed E-state index contributed by atoms with van der Waals surface area (Å²) in [5.74, 6) is 0. The molecule has 1 heteroatoms. The molecule has 1 rings (SSSR count). The van der Waals surface area contributed by atoms with Gasteiger partial charge in [0.1, 0.15) is 0 Å². The molecule has 18 heavy (non-hydrogen) atoms. The van der Waals surface area contributed by atoms with Crippen molar-refractivity contribution in [3.8, 4) is 0 Å². The molecular weight excluding hydrogens is 220 g/mol. The van der Waals surface area contributed by atoms with Gasteiger partial charge in [0.05, 0.1) is 11.7 Å². The minimum absolute atomic E-state index is 0.0176. The van der Waals surface area contributed by atoms with Crippen LogP contribution >= 0.6 is 0 Å². The first-order valence-electron chi connectivity index (χ1n) is 7.67. The van der Waals surface area contributed by atoms with Crippen molar-refractivity contribution in [3.63, 3.8) is 0 Å². The van der Waals surface area contributed by atoms with Gasteiger partial charge in [-0.2, -0.15) is 0 Å². The first-order chi connectivity index (χ1) is 7.99. The summed E-state index contributed by atoms with van der Waals surface area (Å²) in [5, 5.41) is 0. The van der Waals surface area contributed by atoms with Gasteiger partial charge in [0, 0.05) is 0 Å². The molecule has 0 aromatic carbocycles. The van der Waals surface area contributed by atoms with E-state index < -0.39 is 0 Å². The van der Waals surface area contributed by atoms with Crippen molar-refractivity contribution in [2.75, 3.05) is 0 Å². The van der Waals surface area contributed by atoms with Crippen LogP contribution in [0.2, 0.25) is 0 Å². The predicted octanol–water partition coefficient (Wildman–Crippen LogP) is 5.58. The van der Waals surface area contributed by atoms with Gasteiger partial charge in [0.15, 0.2) is 0 Å². The molecule has 0 heterocycles. The van der Waals surface area contributed by atoms with E-state index in [-0.39, 0.29) is 5.60 Å². The van der Waals surface area contributed by atoms with Crippen molar-refractivity contribution in [3.05, 3.63) is 0 Å². The molecule has 0 bridgehead atoms. The predicted molar refractivity (Wildman–Crippen MR) is 79.9 cm³/mol. The SMILES string of the molecule is CC(C)(C)CC(C)(C)CC(C)(C)OC1CCCC1. The van der Waals surface area contributed by atoms with Crippen LogP contribution in [0, 0.1) is 10.8 Å². The molecule has 1 fully saturated rings. The van der Waals surface area contributed by atoms with Crippen LogP contribution < -0.4 is 0 Å². The summed E-state index contributed by atoms with van der Waals surface area (Å²) in [6.07, 6.45) is 8.15.